The van der Waals surface area contributed by atoms with E-state index in [1.54, 1.807) is 13.2 Å². The Kier molecular flexibility index (Phi) is 5.61. The smallest absolute Gasteiger partial charge is 0.363 e. The third kappa shape index (κ3) is 4.25. The molecule has 1 aliphatic heterocycles. The van der Waals surface area contributed by atoms with Gasteiger partial charge in [-0.1, -0.05) is 54.6 Å². The molecule has 0 spiro atoms. The first-order valence-electron chi connectivity index (χ1n) is 9.61. The van der Waals surface area contributed by atoms with Crippen molar-refractivity contribution in [2.45, 2.75) is 13.0 Å². The van der Waals surface area contributed by atoms with E-state index in [0.29, 0.717) is 17.4 Å². The molecular weight excluding hydrogens is 378 g/mol. The van der Waals surface area contributed by atoms with Crippen LogP contribution in [0.4, 0.5) is 0 Å². The number of methoxy groups -OCH3 is 1. The number of nitrogens with zero attached hydrogens (tertiary/aromatic N) is 1. The second kappa shape index (κ2) is 8.66. The summed E-state index contributed by atoms with van der Waals surface area (Å²) in [6, 6.07) is 24.8. The quantitative estimate of drug-likeness (QED) is 0.423. The normalized spacial score (nSPS) is 15.5. The molecular formula is C25H21NO4. The number of benzene rings is 3. The topological polar surface area (TPSA) is 57.1 Å². The van der Waals surface area contributed by atoms with Crippen LogP contribution in [0.15, 0.2) is 89.6 Å². The maximum Gasteiger partial charge on any atom is 0.363 e. The van der Waals surface area contributed by atoms with Crippen molar-refractivity contribution in [3.05, 3.63) is 101 Å². The van der Waals surface area contributed by atoms with E-state index >= 15 is 0 Å². The number of esters is 1. The van der Waals surface area contributed by atoms with E-state index < -0.39 is 5.97 Å². The zero-order valence-corrected chi connectivity index (χ0v) is 16.7. The van der Waals surface area contributed by atoms with E-state index in [1.165, 1.54) is 0 Å². The molecule has 5 heteroatoms. The highest BCUT2D eigenvalue weighted by molar-refractivity contribution is 6.12. The van der Waals surface area contributed by atoms with E-state index in [0.717, 1.165) is 16.7 Å². The highest BCUT2D eigenvalue weighted by atomic mass is 16.6. The number of cyclic esters (lactones) is 1. The van der Waals surface area contributed by atoms with Crippen LogP contribution in [0.5, 0.6) is 11.5 Å². The minimum atomic E-state index is -0.481. The zero-order valence-electron chi connectivity index (χ0n) is 16.7. The number of rotatable bonds is 6. The van der Waals surface area contributed by atoms with Gasteiger partial charge in [0.05, 0.1) is 7.11 Å². The molecule has 0 fully saturated rings. The summed E-state index contributed by atoms with van der Waals surface area (Å²) in [4.78, 5) is 16.6. The van der Waals surface area contributed by atoms with Crippen LogP contribution in [0.1, 0.15) is 29.7 Å². The molecule has 30 heavy (non-hydrogen) atoms. The maximum absolute atomic E-state index is 12.2. The molecule has 0 saturated carbocycles. The van der Waals surface area contributed by atoms with Gasteiger partial charge in [-0.15, -0.1) is 0 Å². The fraction of sp³-hybridized carbons (Fsp3) is 0.120. The van der Waals surface area contributed by atoms with Gasteiger partial charge in [0.15, 0.2) is 17.2 Å². The van der Waals surface area contributed by atoms with Crippen LogP contribution in [0.3, 0.4) is 0 Å². The lowest BCUT2D eigenvalue weighted by atomic mass is 10.1. The van der Waals surface area contributed by atoms with Gasteiger partial charge < -0.3 is 14.2 Å². The van der Waals surface area contributed by atoms with Crippen LogP contribution in [0.2, 0.25) is 0 Å². The summed E-state index contributed by atoms with van der Waals surface area (Å²) in [5.41, 5.74) is 2.83. The summed E-state index contributed by atoms with van der Waals surface area (Å²) in [5.74, 6) is 1.02. The Morgan fingerprint density at radius 1 is 0.933 bits per heavy atom. The summed E-state index contributed by atoms with van der Waals surface area (Å²) in [6.45, 7) is 1.99. The van der Waals surface area contributed by atoms with Crippen molar-refractivity contribution in [1.82, 2.24) is 0 Å². The molecule has 1 aliphatic rings. The summed E-state index contributed by atoms with van der Waals surface area (Å²) in [5, 5.41) is 0. The van der Waals surface area contributed by atoms with Gasteiger partial charge in [-0.05, 0) is 48.4 Å². The predicted molar refractivity (Wildman–Crippen MR) is 116 cm³/mol. The van der Waals surface area contributed by atoms with E-state index in [9.17, 15) is 4.79 Å². The average molecular weight is 399 g/mol. The SMILES string of the molecule is COc1cc(C=C2N=C(c3ccccc3)OC2=O)ccc1OC(C)c1ccccc1. The zero-order chi connectivity index (χ0) is 20.9. The summed E-state index contributed by atoms with van der Waals surface area (Å²) >= 11 is 0. The first-order chi connectivity index (χ1) is 14.6. The molecule has 3 aromatic carbocycles. The van der Waals surface area contributed by atoms with Crippen LogP contribution < -0.4 is 9.47 Å². The Morgan fingerprint density at radius 3 is 2.33 bits per heavy atom. The standard InChI is InChI=1S/C25H21NO4/c1-17(19-9-5-3-6-10-19)29-22-14-13-18(16-23(22)28-2)15-21-25(27)30-24(26-21)20-11-7-4-8-12-20/h3-17H,1-2H3. The van der Waals surface area contributed by atoms with Crippen molar-refractivity contribution in [3.63, 3.8) is 0 Å². The monoisotopic (exact) mass is 399 g/mol. The molecule has 0 saturated heterocycles. The highest BCUT2D eigenvalue weighted by Gasteiger charge is 2.24. The van der Waals surface area contributed by atoms with Gasteiger partial charge in [0.2, 0.25) is 5.90 Å². The fourth-order valence-corrected chi connectivity index (χ4v) is 3.13. The summed E-state index contributed by atoms with van der Waals surface area (Å²) < 4.78 is 16.9. The number of ether oxygens (including phenoxy) is 3. The third-order valence-electron chi connectivity index (χ3n) is 4.71. The van der Waals surface area contributed by atoms with Crippen molar-refractivity contribution in [2.24, 2.45) is 4.99 Å². The van der Waals surface area contributed by atoms with Gasteiger partial charge in [0.25, 0.3) is 0 Å². The number of carbonyl (C=O) groups excluding carboxylic acids is 1. The Morgan fingerprint density at radius 2 is 1.63 bits per heavy atom. The van der Waals surface area contributed by atoms with Gasteiger partial charge >= 0.3 is 5.97 Å². The molecule has 1 unspecified atom stereocenters. The lowest BCUT2D eigenvalue weighted by molar-refractivity contribution is -0.129. The second-order valence-corrected chi connectivity index (χ2v) is 6.78. The number of hydrogen-bond donors (Lipinski definition) is 0. The molecule has 4 rings (SSSR count). The Bertz CT molecular complexity index is 1100. The van der Waals surface area contributed by atoms with Crippen molar-refractivity contribution in [2.75, 3.05) is 7.11 Å². The molecule has 0 N–H and O–H groups in total. The minimum absolute atomic E-state index is 0.132. The first kappa shape index (κ1) is 19.5. The Labute approximate surface area is 175 Å². The molecule has 1 atom stereocenters. The van der Waals surface area contributed by atoms with Crippen LogP contribution in [-0.4, -0.2) is 19.0 Å². The second-order valence-electron chi connectivity index (χ2n) is 6.78. The minimum Gasteiger partial charge on any atom is -0.493 e. The number of aliphatic imine (C=N–C) groups is 1. The fourth-order valence-electron chi connectivity index (χ4n) is 3.13. The van der Waals surface area contributed by atoms with Crippen LogP contribution in [0.25, 0.3) is 6.08 Å². The van der Waals surface area contributed by atoms with Crippen molar-refractivity contribution < 1.29 is 19.0 Å². The van der Waals surface area contributed by atoms with Gasteiger partial charge in [-0.3, -0.25) is 0 Å². The molecule has 0 bridgehead atoms. The number of hydrogen-bond acceptors (Lipinski definition) is 5. The molecule has 150 valence electrons. The predicted octanol–water partition coefficient (Wildman–Crippen LogP) is 5.18. The van der Waals surface area contributed by atoms with Gasteiger partial charge in [-0.25, -0.2) is 9.79 Å². The van der Waals surface area contributed by atoms with E-state index in [2.05, 4.69) is 4.99 Å². The van der Waals surface area contributed by atoms with Crippen molar-refractivity contribution in [3.8, 4) is 11.5 Å². The highest BCUT2D eigenvalue weighted by Crippen LogP contribution is 2.33. The molecule has 5 nitrogen and oxygen atoms in total. The largest absolute Gasteiger partial charge is 0.493 e. The van der Waals surface area contributed by atoms with Crippen molar-refractivity contribution in [1.29, 1.82) is 0 Å². The molecule has 0 aliphatic carbocycles. The van der Waals surface area contributed by atoms with E-state index in [-0.39, 0.29) is 11.8 Å². The molecule has 0 amide bonds. The molecule has 0 aromatic heterocycles. The molecule has 0 radical (unpaired) electrons. The number of carbonyl (C=O) groups is 1. The lowest BCUT2D eigenvalue weighted by Gasteiger charge is -2.17. The van der Waals surface area contributed by atoms with Crippen LogP contribution in [-0.2, 0) is 9.53 Å². The van der Waals surface area contributed by atoms with Crippen LogP contribution >= 0.6 is 0 Å². The van der Waals surface area contributed by atoms with Crippen molar-refractivity contribution >= 4 is 17.9 Å². The average Bonchev–Trinajstić information content (AvgIpc) is 3.16. The Hall–Kier alpha value is -3.86. The maximum atomic E-state index is 12.2. The van der Waals surface area contributed by atoms with Gasteiger partial charge in [0.1, 0.15) is 6.10 Å². The Balaban J connectivity index is 1.57. The first-order valence-corrected chi connectivity index (χ1v) is 9.61. The lowest BCUT2D eigenvalue weighted by Crippen LogP contribution is -2.05. The van der Waals surface area contributed by atoms with Crippen LogP contribution in [0, 0.1) is 0 Å². The van der Waals surface area contributed by atoms with Gasteiger partial charge in [0, 0.05) is 5.56 Å². The summed E-state index contributed by atoms with van der Waals surface area (Å²) in [6.07, 6.45) is 1.54. The third-order valence-corrected chi connectivity index (χ3v) is 4.71. The summed E-state index contributed by atoms with van der Waals surface area (Å²) in [7, 11) is 1.59. The van der Waals surface area contributed by atoms with E-state index in [1.807, 2.05) is 85.8 Å². The molecule has 3 aromatic rings. The van der Waals surface area contributed by atoms with Gasteiger partial charge in [-0.2, -0.15) is 0 Å². The molecule has 1 heterocycles. The van der Waals surface area contributed by atoms with E-state index in [4.69, 9.17) is 14.2 Å².